The highest BCUT2D eigenvalue weighted by Gasteiger charge is 2.37. The van der Waals surface area contributed by atoms with Gasteiger partial charge in [0.05, 0.1) is 11.6 Å². The number of halogens is 1. The van der Waals surface area contributed by atoms with Crippen molar-refractivity contribution < 1.29 is 28.3 Å². The number of imide groups is 1. The number of carbonyl (C=O) groups excluding carboxylic acids is 4. The number of rotatable bonds is 6. The van der Waals surface area contributed by atoms with Crippen molar-refractivity contribution in [1.82, 2.24) is 10.6 Å². The Kier molecular flexibility index (Phi) is 6.86. The van der Waals surface area contributed by atoms with Gasteiger partial charge < -0.3 is 15.0 Å². The molecule has 0 radical (unpaired) electrons. The number of hydrogen-bond acceptors (Lipinski definition) is 5. The predicted molar refractivity (Wildman–Crippen MR) is 94.2 cm³/mol. The van der Waals surface area contributed by atoms with Gasteiger partial charge in [-0.2, -0.15) is 0 Å². The molecule has 27 heavy (non-hydrogen) atoms. The van der Waals surface area contributed by atoms with Crippen LogP contribution in [0.25, 0.3) is 0 Å². The van der Waals surface area contributed by atoms with Gasteiger partial charge in [-0.25, -0.2) is 9.18 Å². The second-order valence-electron chi connectivity index (χ2n) is 6.62. The highest BCUT2D eigenvalue weighted by molar-refractivity contribution is 6.00. The summed E-state index contributed by atoms with van der Waals surface area (Å²) >= 11 is 0. The van der Waals surface area contributed by atoms with Crippen LogP contribution in [0.1, 0.15) is 20.3 Å². The van der Waals surface area contributed by atoms with Crippen molar-refractivity contribution in [2.24, 2.45) is 11.8 Å². The molecule has 4 amide bonds. The maximum Gasteiger partial charge on any atom is 0.321 e. The lowest BCUT2D eigenvalue weighted by molar-refractivity contribution is -0.152. The summed E-state index contributed by atoms with van der Waals surface area (Å²) in [5, 5.41) is 4.53. The van der Waals surface area contributed by atoms with Gasteiger partial charge in [0.25, 0.3) is 5.91 Å². The molecular formula is C18H22FN3O5. The fraction of sp³-hybridized carbons (Fsp3) is 0.444. The average molecular weight is 379 g/mol. The molecule has 1 aromatic carbocycles. The van der Waals surface area contributed by atoms with E-state index in [0.29, 0.717) is 6.54 Å². The van der Waals surface area contributed by atoms with Crippen LogP contribution in [0, 0.1) is 17.7 Å². The Bertz CT molecular complexity index is 737. The minimum absolute atomic E-state index is 0.0326. The van der Waals surface area contributed by atoms with Crippen LogP contribution in [0.3, 0.4) is 0 Å². The van der Waals surface area contributed by atoms with Gasteiger partial charge in [-0.05, 0) is 18.1 Å². The zero-order chi connectivity index (χ0) is 20.0. The molecule has 1 aliphatic rings. The van der Waals surface area contributed by atoms with Crippen LogP contribution in [0.4, 0.5) is 14.9 Å². The van der Waals surface area contributed by atoms with Crippen LogP contribution in [0.2, 0.25) is 0 Å². The first-order valence-electron chi connectivity index (χ1n) is 8.57. The fourth-order valence-electron chi connectivity index (χ4n) is 2.53. The number of urea groups is 1. The minimum Gasteiger partial charge on any atom is -0.455 e. The molecule has 0 aromatic heterocycles. The van der Waals surface area contributed by atoms with Crippen LogP contribution in [0.15, 0.2) is 24.3 Å². The minimum atomic E-state index is -0.806. The fourth-order valence-corrected chi connectivity index (χ4v) is 2.53. The quantitative estimate of drug-likeness (QED) is 0.723. The van der Waals surface area contributed by atoms with E-state index in [2.05, 4.69) is 5.32 Å². The Labute approximate surface area is 156 Å². The topological polar surface area (TPSA) is 105 Å². The van der Waals surface area contributed by atoms with Gasteiger partial charge in [0, 0.05) is 19.5 Å². The Morgan fingerprint density at radius 1 is 1.30 bits per heavy atom. The second-order valence-corrected chi connectivity index (χ2v) is 6.62. The van der Waals surface area contributed by atoms with Gasteiger partial charge in [0.2, 0.25) is 5.91 Å². The first kappa shape index (κ1) is 20.3. The molecule has 2 rings (SSSR count). The van der Waals surface area contributed by atoms with Crippen LogP contribution >= 0.6 is 0 Å². The lowest BCUT2D eigenvalue weighted by Gasteiger charge is -2.17. The molecule has 1 saturated heterocycles. The molecule has 0 spiro atoms. The summed E-state index contributed by atoms with van der Waals surface area (Å²) in [6.07, 6.45) is -0.135. The number of nitrogens with zero attached hydrogens (tertiary/aromatic N) is 1. The third-order valence-electron chi connectivity index (χ3n) is 3.87. The normalized spacial score (nSPS) is 16.4. The average Bonchev–Trinajstić information content (AvgIpc) is 3.00. The Balaban J connectivity index is 1.81. The molecule has 8 nitrogen and oxygen atoms in total. The molecule has 0 bridgehead atoms. The number of para-hydroxylation sites is 1. The van der Waals surface area contributed by atoms with E-state index in [1.54, 1.807) is 6.07 Å². The van der Waals surface area contributed by atoms with E-state index in [1.807, 2.05) is 19.2 Å². The van der Waals surface area contributed by atoms with Crippen molar-refractivity contribution >= 4 is 29.5 Å². The van der Waals surface area contributed by atoms with Crippen molar-refractivity contribution in [1.29, 1.82) is 0 Å². The first-order chi connectivity index (χ1) is 12.8. The number of carbonyl (C=O) groups is 4. The third kappa shape index (κ3) is 5.77. The molecule has 1 atom stereocenters. The highest BCUT2D eigenvalue weighted by Crippen LogP contribution is 2.27. The number of esters is 1. The highest BCUT2D eigenvalue weighted by atomic mass is 19.1. The predicted octanol–water partition coefficient (Wildman–Crippen LogP) is 1.20. The summed E-state index contributed by atoms with van der Waals surface area (Å²) in [4.78, 5) is 48.4. The van der Waals surface area contributed by atoms with Crippen LogP contribution in [0.5, 0.6) is 0 Å². The first-order valence-corrected chi connectivity index (χ1v) is 8.57. The number of ether oxygens (including phenoxy) is 1. The van der Waals surface area contributed by atoms with Gasteiger partial charge >= 0.3 is 12.0 Å². The Morgan fingerprint density at radius 3 is 2.67 bits per heavy atom. The van der Waals surface area contributed by atoms with Crippen molar-refractivity contribution in [2.45, 2.75) is 20.3 Å². The van der Waals surface area contributed by atoms with E-state index in [1.165, 1.54) is 23.1 Å². The standard InChI is InChI=1S/C18H22FN3O5/c1-11(2)8-20-18(26)21-15(23)10-27-17(25)12-7-16(24)22(9-12)14-6-4-3-5-13(14)19/h3-6,11-12H,7-10H2,1-2H3,(H2,20,21,23,26)/t12-/m1/s1. The number of benzene rings is 1. The van der Waals surface area contributed by atoms with Gasteiger partial charge in [-0.3, -0.25) is 19.7 Å². The summed E-state index contributed by atoms with van der Waals surface area (Å²) in [6.45, 7) is 3.52. The lowest BCUT2D eigenvalue weighted by Crippen LogP contribution is -2.42. The SMILES string of the molecule is CC(C)CNC(=O)NC(=O)COC(=O)[C@@H]1CC(=O)N(c2ccccc2F)C1. The number of hydrogen-bond donors (Lipinski definition) is 2. The van der Waals surface area contributed by atoms with Crippen molar-refractivity contribution in [3.63, 3.8) is 0 Å². The van der Waals surface area contributed by atoms with Gasteiger partial charge in [0.1, 0.15) is 5.82 Å². The smallest absolute Gasteiger partial charge is 0.321 e. The molecule has 1 fully saturated rings. The van der Waals surface area contributed by atoms with Crippen molar-refractivity contribution in [3.8, 4) is 0 Å². The van der Waals surface area contributed by atoms with E-state index in [-0.39, 0.29) is 24.6 Å². The lowest BCUT2D eigenvalue weighted by atomic mass is 10.1. The summed E-state index contributed by atoms with van der Waals surface area (Å²) in [7, 11) is 0. The molecule has 1 heterocycles. The van der Waals surface area contributed by atoms with Crippen molar-refractivity contribution in [2.75, 3.05) is 24.6 Å². The molecule has 0 unspecified atom stereocenters. The molecule has 146 valence electrons. The molecule has 9 heteroatoms. The van der Waals surface area contributed by atoms with Gasteiger partial charge in [0.15, 0.2) is 6.61 Å². The van der Waals surface area contributed by atoms with E-state index in [0.717, 1.165) is 0 Å². The Morgan fingerprint density at radius 2 is 2.00 bits per heavy atom. The number of anilines is 1. The van der Waals surface area contributed by atoms with E-state index >= 15 is 0 Å². The van der Waals surface area contributed by atoms with Crippen LogP contribution in [-0.2, 0) is 19.1 Å². The molecule has 2 N–H and O–H groups in total. The van der Waals surface area contributed by atoms with E-state index in [9.17, 15) is 23.6 Å². The van der Waals surface area contributed by atoms with Gasteiger partial charge in [-0.1, -0.05) is 26.0 Å². The molecule has 1 aromatic rings. The zero-order valence-corrected chi connectivity index (χ0v) is 15.2. The number of nitrogens with one attached hydrogen (secondary N) is 2. The maximum absolute atomic E-state index is 13.8. The Hall–Kier alpha value is -2.97. The monoisotopic (exact) mass is 379 g/mol. The zero-order valence-electron chi connectivity index (χ0n) is 15.2. The summed E-state index contributed by atoms with van der Waals surface area (Å²) in [5.41, 5.74) is 0.0948. The van der Waals surface area contributed by atoms with Crippen LogP contribution < -0.4 is 15.5 Å². The summed E-state index contributed by atoms with van der Waals surface area (Å²) in [5.74, 6) is -3.08. The molecule has 0 saturated carbocycles. The third-order valence-corrected chi connectivity index (χ3v) is 3.87. The van der Waals surface area contributed by atoms with E-state index in [4.69, 9.17) is 4.74 Å². The van der Waals surface area contributed by atoms with E-state index < -0.39 is 42.2 Å². The maximum atomic E-state index is 13.8. The molecule has 0 aliphatic carbocycles. The van der Waals surface area contributed by atoms with Crippen LogP contribution in [-0.4, -0.2) is 43.5 Å². The molecular weight excluding hydrogens is 357 g/mol. The summed E-state index contributed by atoms with van der Waals surface area (Å²) < 4.78 is 18.7. The largest absolute Gasteiger partial charge is 0.455 e. The van der Waals surface area contributed by atoms with Gasteiger partial charge in [-0.15, -0.1) is 0 Å². The number of amides is 4. The summed E-state index contributed by atoms with van der Waals surface area (Å²) in [6, 6.07) is 5.09. The molecule has 1 aliphatic heterocycles. The van der Waals surface area contributed by atoms with Crippen molar-refractivity contribution in [3.05, 3.63) is 30.1 Å². The second kappa shape index (κ2) is 9.11.